The van der Waals surface area contributed by atoms with Gasteiger partial charge in [-0.15, -0.1) is 0 Å². The van der Waals surface area contributed by atoms with Gasteiger partial charge in [0.2, 0.25) is 0 Å². The number of carbonyl (C=O) groups is 3. The van der Waals surface area contributed by atoms with Crippen molar-refractivity contribution in [1.82, 2.24) is 0 Å². The van der Waals surface area contributed by atoms with E-state index in [2.05, 4.69) is 0 Å². The summed E-state index contributed by atoms with van der Waals surface area (Å²) in [6, 6.07) is 5.24. The molecular weight excluding hydrogens is 324 g/mol. The van der Waals surface area contributed by atoms with E-state index in [1.54, 1.807) is 12.1 Å². The Morgan fingerprint density at radius 3 is 2.64 bits per heavy atom. The third-order valence-corrected chi connectivity index (χ3v) is 5.30. The Labute approximate surface area is 146 Å². The smallest absolute Gasteiger partial charge is 0.320 e. The number of hydrogen-bond donors (Lipinski definition) is 0. The number of rotatable bonds is 4. The summed E-state index contributed by atoms with van der Waals surface area (Å²) in [5, 5.41) is 0. The zero-order chi connectivity index (χ0) is 18.4. The van der Waals surface area contributed by atoms with Crippen molar-refractivity contribution in [2.45, 2.75) is 39.7 Å². The summed E-state index contributed by atoms with van der Waals surface area (Å²) in [5.74, 6) is -2.12. The molecule has 25 heavy (non-hydrogen) atoms. The van der Waals surface area contributed by atoms with Gasteiger partial charge in [-0.3, -0.25) is 14.4 Å². The standard InChI is InChI=1S/C19H22O6/c1-5-19(2,3)18(22)24-11-7-6-10-8-13-14(17(21)25-16(13)20)15(23-4)12(10)9-11/h6-7,9,13-15H,5,8H2,1-4H3. The SMILES string of the molecule is CCC(C)(C)C(=O)Oc1ccc2c(c1)C(OC)C1C(=O)OC(=O)C1C2. The lowest BCUT2D eigenvalue weighted by Crippen LogP contribution is -2.33. The third-order valence-electron chi connectivity index (χ3n) is 5.30. The maximum absolute atomic E-state index is 12.3. The molecule has 0 spiro atoms. The van der Waals surface area contributed by atoms with E-state index in [0.29, 0.717) is 18.6 Å². The Kier molecular flexibility index (Phi) is 4.41. The van der Waals surface area contributed by atoms with Crippen molar-refractivity contribution in [2.75, 3.05) is 7.11 Å². The lowest BCUT2D eigenvalue weighted by atomic mass is 9.75. The van der Waals surface area contributed by atoms with Crippen molar-refractivity contribution in [3.63, 3.8) is 0 Å². The van der Waals surface area contributed by atoms with Gasteiger partial charge in [0, 0.05) is 7.11 Å². The first kappa shape index (κ1) is 17.6. The highest BCUT2D eigenvalue weighted by atomic mass is 16.6. The monoisotopic (exact) mass is 346 g/mol. The molecule has 6 heteroatoms. The van der Waals surface area contributed by atoms with E-state index in [4.69, 9.17) is 14.2 Å². The molecule has 3 unspecified atom stereocenters. The first-order chi connectivity index (χ1) is 11.8. The first-order valence-electron chi connectivity index (χ1n) is 8.42. The molecule has 0 amide bonds. The van der Waals surface area contributed by atoms with Crippen LogP contribution in [0.4, 0.5) is 0 Å². The lowest BCUT2D eigenvalue weighted by molar-refractivity contribution is -0.154. The fourth-order valence-corrected chi connectivity index (χ4v) is 3.28. The Bertz CT molecular complexity index is 735. The number of hydrogen-bond acceptors (Lipinski definition) is 6. The van der Waals surface area contributed by atoms with Crippen molar-refractivity contribution in [3.05, 3.63) is 29.3 Å². The Balaban J connectivity index is 1.92. The Morgan fingerprint density at radius 1 is 1.28 bits per heavy atom. The Morgan fingerprint density at radius 2 is 2.00 bits per heavy atom. The molecule has 134 valence electrons. The Hall–Kier alpha value is -2.21. The van der Waals surface area contributed by atoms with Gasteiger partial charge in [-0.05, 0) is 49.9 Å². The zero-order valence-electron chi connectivity index (χ0n) is 14.8. The summed E-state index contributed by atoms with van der Waals surface area (Å²) in [7, 11) is 1.49. The molecule has 0 aromatic heterocycles. The van der Waals surface area contributed by atoms with E-state index < -0.39 is 35.3 Å². The van der Waals surface area contributed by atoms with Gasteiger partial charge in [0.25, 0.3) is 0 Å². The van der Waals surface area contributed by atoms with E-state index in [0.717, 1.165) is 11.1 Å². The molecule has 1 heterocycles. The van der Waals surface area contributed by atoms with Crippen molar-refractivity contribution in [3.8, 4) is 5.75 Å². The van der Waals surface area contributed by atoms with Gasteiger partial charge in [-0.2, -0.15) is 0 Å². The minimum atomic E-state index is -0.650. The fraction of sp³-hybridized carbons (Fsp3) is 0.526. The van der Waals surface area contributed by atoms with Crippen molar-refractivity contribution in [2.24, 2.45) is 17.3 Å². The first-order valence-corrected chi connectivity index (χ1v) is 8.42. The minimum absolute atomic E-state index is 0.312. The van der Waals surface area contributed by atoms with Crippen LogP contribution >= 0.6 is 0 Å². The molecule has 1 aliphatic heterocycles. The summed E-state index contributed by atoms with van der Waals surface area (Å²) in [6.07, 6.45) is 0.486. The van der Waals surface area contributed by atoms with E-state index >= 15 is 0 Å². The predicted molar refractivity (Wildman–Crippen MR) is 87.7 cm³/mol. The number of cyclic esters (lactones) is 2. The minimum Gasteiger partial charge on any atom is -0.426 e. The molecule has 6 nitrogen and oxygen atoms in total. The van der Waals surface area contributed by atoms with E-state index in [9.17, 15) is 14.4 Å². The highest BCUT2D eigenvalue weighted by Gasteiger charge is 2.52. The van der Waals surface area contributed by atoms with Crippen molar-refractivity contribution < 1.29 is 28.6 Å². The molecule has 0 N–H and O–H groups in total. The van der Waals surface area contributed by atoms with Gasteiger partial charge in [0.05, 0.1) is 17.4 Å². The number of ether oxygens (including phenoxy) is 3. The number of benzene rings is 1. The average molecular weight is 346 g/mol. The summed E-state index contributed by atoms with van der Waals surface area (Å²) in [5.41, 5.74) is 1.08. The summed E-state index contributed by atoms with van der Waals surface area (Å²) >= 11 is 0. The topological polar surface area (TPSA) is 78.9 Å². The summed E-state index contributed by atoms with van der Waals surface area (Å²) in [4.78, 5) is 36.2. The molecule has 1 aromatic rings. The molecule has 2 aliphatic rings. The second-order valence-electron chi connectivity index (χ2n) is 7.22. The van der Waals surface area contributed by atoms with E-state index in [-0.39, 0.29) is 5.97 Å². The second-order valence-corrected chi connectivity index (χ2v) is 7.22. The van der Waals surface area contributed by atoms with Crippen LogP contribution < -0.4 is 4.74 Å². The van der Waals surface area contributed by atoms with Crippen LogP contribution in [0, 0.1) is 17.3 Å². The van der Waals surface area contributed by atoms with Gasteiger partial charge >= 0.3 is 17.9 Å². The molecule has 1 saturated heterocycles. The van der Waals surface area contributed by atoms with Gasteiger partial charge < -0.3 is 14.2 Å². The highest BCUT2D eigenvalue weighted by molar-refractivity contribution is 5.97. The van der Waals surface area contributed by atoms with Crippen LogP contribution in [0.3, 0.4) is 0 Å². The van der Waals surface area contributed by atoms with E-state index in [1.807, 2.05) is 26.8 Å². The van der Waals surface area contributed by atoms with Gasteiger partial charge in [0.1, 0.15) is 11.7 Å². The molecule has 0 saturated carbocycles. The molecule has 3 rings (SSSR count). The molecule has 1 aromatic carbocycles. The third kappa shape index (κ3) is 2.95. The normalized spacial score (nSPS) is 25.2. The predicted octanol–water partition coefficient (Wildman–Crippen LogP) is 2.59. The number of methoxy groups -OCH3 is 1. The maximum Gasteiger partial charge on any atom is 0.320 e. The molecule has 0 bridgehead atoms. The number of fused-ring (bicyclic) bond motifs is 2. The van der Waals surface area contributed by atoms with Crippen molar-refractivity contribution >= 4 is 17.9 Å². The van der Waals surface area contributed by atoms with Crippen LogP contribution in [0.25, 0.3) is 0 Å². The highest BCUT2D eigenvalue weighted by Crippen LogP contribution is 2.45. The zero-order valence-corrected chi connectivity index (χ0v) is 14.8. The van der Waals surface area contributed by atoms with Crippen LogP contribution in [0.2, 0.25) is 0 Å². The van der Waals surface area contributed by atoms with Crippen molar-refractivity contribution in [1.29, 1.82) is 0 Å². The fourth-order valence-electron chi connectivity index (χ4n) is 3.28. The van der Waals surface area contributed by atoms with Crippen LogP contribution in [-0.4, -0.2) is 25.0 Å². The molecular formula is C19H22O6. The quantitative estimate of drug-likeness (QED) is 0.474. The number of carbonyl (C=O) groups excluding carboxylic acids is 3. The maximum atomic E-state index is 12.3. The average Bonchev–Trinajstić information content (AvgIpc) is 2.87. The van der Waals surface area contributed by atoms with Gasteiger partial charge in [-0.1, -0.05) is 13.0 Å². The molecule has 1 fully saturated rings. The summed E-state index contributed by atoms with van der Waals surface area (Å²) in [6.45, 7) is 5.59. The van der Waals surface area contributed by atoms with Crippen LogP contribution in [0.5, 0.6) is 5.75 Å². The van der Waals surface area contributed by atoms with Gasteiger partial charge in [-0.25, -0.2) is 0 Å². The second kappa shape index (κ2) is 6.26. The number of esters is 3. The van der Waals surface area contributed by atoms with Gasteiger partial charge in [0.15, 0.2) is 0 Å². The lowest BCUT2D eigenvalue weighted by Gasteiger charge is -2.31. The van der Waals surface area contributed by atoms with Crippen LogP contribution in [-0.2, 0) is 30.3 Å². The van der Waals surface area contributed by atoms with Crippen LogP contribution in [0.15, 0.2) is 18.2 Å². The largest absolute Gasteiger partial charge is 0.426 e. The molecule has 1 aliphatic carbocycles. The van der Waals surface area contributed by atoms with Crippen LogP contribution in [0.1, 0.15) is 44.4 Å². The summed E-state index contributed by atoms with van der Waals surface area (Å²) < 4.78 is 15.8. The van der Waals surface area contributed by atoms with E-state index in [1.165, 1.54) is 7.11 Å². The molecule has 0 radical (unpaired) electrons. The molecule has 3 atom stereocenters.